The molecule has 0 saturated carbocycles. The lowest BCUT2D eigenvalue weighted by Gasteiger charge is -2.27. The number of anilines is 1. The van der Waals surface area contributed by atoms with Gasteiger partial charge in [0, 0.05) is 0 Å². The van der Waals surface area contributed by atoms with Gasteiger partial charge in [-0.3, -0.25) is 4.79 Å². The molecule has 5 heteroatoms. The van der Waals surface area contributed by atoms with Crippen LogP contribution in [-0.2, 0) is 9.53 Å². The number of para-hydroxylation sites is 1. The first-order valence-electron chi connectivity index (χ1n) is 11.2. The second-order valence-corrected chi connectivity index (χ2v) is 8.55. The van der Waals surface area contributed by atoms with Crippen molar-refractivity contribution in [2.75, 3.05) is 4.90 Å². The molecular weight excluding hydrogens is 426 g/mol. The van der Waals surface area contributed by atoms with Crippen LogP contribution >= 0.6 is 0 Å². The van der Waals surface area contributed by atoms with Crippen molar-refractivity contribution < 1.29 is 19.4 Å². The van der Waals surface area contributed by atoms with Gasteiger partial charge in [-0.25, -0.2) is 9.69 Å². The van der Waals surface area contributed by atoms with Crippen LogP contribution in [0.25, 0.3) is 16.8 Å². The highest BCUT2D eigenvalue weighted by atomic mass is 16.6. The summed E-state index contributed by atoms with van der Waals surface area (Å²) in [6, 6.07) is 28.5. The van der Waals surface area contributed by atoms with Crippen LogP contribution in [0.4, 0.5) is 10.5 Å². The van der Waals surface area contributed by atoms with Gasteiger partial charge in [0.1, 0.15) is 6.10 Å². The van der Waals surface area contributed by atoms with Gasteiger partial charge in [0.15, 0.2) is 6.10 Å². The summed E-state index contributed by atoms with van der Waals surface area (Å²) in [4.78, 5) is 28.0. The first-order valence-corrected chi connectivity index (χ1v) is 11.2. The van der Waals surface area contributed by atoms with Gasteiger partial charge in [-0.2, -0.15) is 0 Å². The molecule has 0 spiro atoms. The van der Waals surface area contributed by atoms with Gasteiger partial charge in [0.05, 0.1) is 11.6 Å². The Morgan fingerprint density at radius 3 is 2.38 bits per heavy atom. The van der Waals surface area contributed by atoms with Crippen LogP contribution in [0.2, 0.25) is 0 Å². The summed E-state index contributed by atoms with van der Waals surface area (Å²) in [7, 11) is 0. The van der Waals surface area contributed by atoms with E-state index < -0.39 is 24.2 Å². The third-order valence-electron chi connectivity index (χ3n) is 6.57. The highest BCUT2D eigenvalue weighted by molar-refractivity contribution is 6.20. The molecule has 0 fully saturated rings. The number of carbonyl (C=O) groups excluding carboxylic acids is 2. The fraction of sp³-hybridized carbons (Fsp3) is 0.103. The molecular formula is C29H21NO4. The van der Waals surface area contributed by atoms with Crippen LogP contribution < -0.4 is 4.90 Å². The van der Waals surface area contributed by atoms with E-state index in [1.807, 2.05) is 78.9 Å². The molecule has 4 aromatic carbocycles. The molecule has 3 unspecified atom stereocenters. The normalized spacial score (nSPS) is 20.8. The summed E-state index contributed by atoms with van der Waals surface area (Å²) in [6.07, 6.45) is 0.779. The fourth-order valence-electron chi connectivity index (χ4n) is 4.90. The monoisotopic (exact) mass is 447 g/mol. The van der Waals surface area contributed by atoms with Crippen LogP contribution in [0.1, 0.15) is 34.3 Å². The molecule has 5 nitrogen and oxygen atoms in total. The van der Waals surface area contributed by atoms with Gasteiger partial charge < -0.3 is 9.84 Å². The van der Waals surface area contributed by atoms with Crippen LogP contribution in [-0.4, -0.2) is 23.2 Å². The SMILES string of the molecule is O=C(OC1C=Cc2ccccc2C1O)N1C(=O)C(c2ccc3ccccc3c2)c2ccccc21. The number of fused-ring (bicyclic) bond motifs is 3. The summed E-state index contributed by atoms with van der Waals surface area (Å²) >= 11 is 0. The first-order chi connectivity index (χ1) is 16.6. The molecule has 0 saturated heterocycles. The van der Waals surface area contributed by atoms with Crippen molar-refractivity contribution in [2.45, 2.75) is 18.1 Å². The largest absolute Gasteiger partial charge is 0.438 e. The minimum Gasteiger partial charge on any atom is -0.438 e. The van der Waals surface area contributed by atoms with Crippen molar-refractivity contribution in [2.24, 2.45) is 0 Å². The number of aliphatic hydroxyl groups excluding tert-OH is 1. The summed E-state index contributed by atoms with van der Waals surface area (Å²) < 4.78 is 5.66. The van der Waals surface area contributed by atoms with E-state index in [2.05, 4.69) is 0 Å². The molecule has 0 aromatic heterocycles. The van der Waals surface area contributed by atoms with Crippen molar-refractivity contribution in [3.05, 3.63) is 119 Å². The molecule has 166 valence electrons. The Labute approximate surface area is 196 Å². The van der Waals surface area contributed by atoms with E-state index in [9.17, 15) is 14.7 Å². The van der Waals surface area contributed by atoms with Gasteiger partial charge in [-0.05, 0) is 45.2 Å². The Morgan fingerprint density at radius 1 is 0.824 bits per heavy atom. The predicted molar refractivity (Wildman–Crippen MR) is 130 cm³/mol. The number of ether oxygens (including phenoxy) is 1. The molecule has 1 N–H and O–H groups in total. The molecule has 1 heterocycles. The predicted octanol–water partition coefficient (Wildman–Crippen LogP) is 5.58. The molecule has 4 aromatic rings. The molecule has 2 amide bonds. The second-order valence-electron chi connectivity index (χ2n) is 8.55. The Hall–Kier alpha value is -4.22. The van der Waals surface area contributed by atoms with Crippen molar-refractivity contribution in [3.63, 3.8) is 0 Å². The molecule has 6 rings (SSSR count). The van der Waals surface area contributed by atoms with Crippen molar-refractivity contribution >= 4 is 34.5 Å². The van der Waals surface area contributed by atoms with E-state index in [1.54, 1.807) is 24.3 Å². The van der Waals surface area contributed by atoms with Gasteiger partial charge in [0.25, 0.3) is 0 Å². The summed E-state index contributed by atoms with van der Waals surface area (Å²) in [6.45, 7) is 0. The van der Waals surface area contributed by atoms with Crippen LogP contribution in [0.15, 0.2) is 97.1 Å². The summed E-state index contributed by atoms with van der Waals surface area (Å²) in [5, 5.41) is 12.9. The third kappa shape index (κ3) is 3.21. The van der Waals surface area contributed by atoms with Crippen molar-refractivity contribution in [3.8, 4) is 0 Å². The Bertz CT molecular complexity index is 1470. The van der Waals surface area contributed by atoms with Gasteiger partial charge in [0.2, 0.25) is 5.91 Å². The lowest BCUT2D eigenvalue weighted by Crippen LogP contribution is -2.39. The molecule has 34 heavy (non-hydrogen) atoms. The number of amides is 2. The molecule has 2 aliphatic rings. The zero-order valence-corrected chi connectivity index (χ0v) is 18.2. The van der Waals surface area contributed by atoms with Gasteiger partial charge in [-0.1, -0.05) is 91.0 Å². The number of nitrogens with zero attached hydrogens (tertiary/aromatic N) is 1. The average Bonchev–Trinajstić information content (AvgIpc) is 3.17. The number of imide groups is 1. The average molecular weight is 447 g/mol. The minimum absolute atomic E-state index is 0.365. The van der Waals surface area contributed by atoms with E-state index in [-0.39, 0.29) is 5.91 Å². The van der Waals surface area contributed by atoms with E-state index in [0.717, 1.165) is 32.4 Å². The smallest absolute Gasteiger partial charge is 0.421 e. The topological polar surface area (TPSA) is 66.8 Å². The zero-order chi connectivity index (χ0) is 23.2. The Morgan fingerprint density at radius 2 is 1.53 bits per heavy atom. The number of rotatable bonds is 2. The zero-order valence-electron chi connectivity index (χ0n) is 18.2. The lowest BCUT2D eigenvalue weighted by atomic mass is 9.91. The van der Waals surface area contributed by atoms with E-state index in [0.29, 0.717) is 11.3 Å². The van der Waals surface area contributed by atoms with Crippen molar-refractivity contribution in [1.82, 2.24) is 0 Å². The highest BCUT2D eigenvalue weighted by Crippen LogP contribution is 2.42. The summed E-state index contributed by atoms with van der Waals surface area (Å²) in [5.41, 5.74) is 3.64. The van der Waals surface area contributed by atoms with Crippen LogP contribution in [0, 0.1) is 0 Å². The van der Waals surface area contributed by atoms with E-state index in [4.69, 9.17) is 4.74 Å². The number of carbonyl (C=O) groups is 2. The van der Waals surface area contributed by atoms with E-state index in [1.165, 1.54) is 0 Å². The highest BCUT2D eigenvalue weighted by Gasteiger charge is 2.43. The maximum atomic E-state index is 13.6. The molecule has 0 radical (unpaired) electrons. The van der Waals surface area contributed by atoms with Gasteiger partial charge >= 0.3 is 6.09 Å². The van der Waals surface area contributed by atoms with E-state index >= 15 is 0 Å². The molecule has 3 atom stereocenters. The summed E-state index contributed by atoms with van der Waals surface area (Å²) in [5.74, 6) is -0.975. The number of hydrogen-bond donors (Lipinski definition) is 1. The maximum absolute atomic E-state index is 13.6. The Balaban J connectivity index is 1.33. The van der Waals surface area contributed by atoms with Gasteiger partial charge in [-0.15, -0.1) is 0 Å². The lowest BCUT2D eigenvalue weighted by molar-refractivity contribution is -0.118. The third-order valence-corrected chi connectivity index (χ3v) is 6.57. The number of hydrogen-bond acceptors (Lipinski definition) is 4. The van der Waals surface area contributed by atoms with Crippen LogP contribution in [0.3, 0.4) is 0 Å². The quantitative estimate of drug-likeness (QED) is 0.435. The number of aliphatic hydroxyl groups is 1. The van der Waals surface area contributed by atoms with Crippen molar-refractivity contribution in [1.29, 1.82) is 0 Å². The Kier molecular flexibility index (Phi) is 4.78. The number of benzene rings is 4. The fourth-order valence-corrected chi connectivity index (χ4v) is 4.90. The van der Waals surface area contributed by atoms with Crippen LogP contribution in [0.5, 0.6) is 0 Å². The first kappa shape index (κ1) is 20.4. The minimum atomic E-state index is -1.01. The second kappa shape index (κ2) is 7.97. The molecule has 0 bridgehead atoms. The maximum Gasteiger partial charge on any atom is 0.421 e. The molecule has 1 aliphatic carbocycles. The molecule has 1 aliphatic heterocycles. The standard InChI is InChI=1S/C29H21NO4/c31-27-22-10-4-3-8-19(22)15-16-25(27)34-29(33)30-24-12-6-5-11-23(24)26(28(30)32)21-14-13-18-7-1-2-9-20(18)17-21/h1-17,25-27,31H.